The number of hydrogen-bond acceptors (Lipinski definition) is 4. The first-order chi connectivity index (χ1) is 20.6. The summed E-state index contributed by atoms with van der Waals surface area (Å²) in [7, 11) is 0. The Morgan fingerprint density at radius 1 is 0.571 bits per heavy atom. The Morgan fingerprint density at radius 3 is 1.52 bits per heavy atom. The van der Waals surface area contributed by atoms with Gasteiger partial charge in [-0.3, -0.25) is 0 Å². The van der Waals surface area contributed by atoms with E-state index < -0.39 is 0 Å². The fourth-order valence-electron chi connectivity index (χ4n) is 10.2. The van der Waals surface area contributed by atoms with E-state index in [0.29, 0.717) is 10.8 Å². The average molecular weight is 621 g/mol. The molecule has 0 radical (unpaired) electrons. The van der Waals surface area contributed by atoms with Crippen molar-refractivity contribution in [3.8, 4) is 32.0 Å². The predicted molar refractivity (Wildman–Crippen MR) is 188 cm³/mol. The molecule has 0 amide bonds. The molecule has 3 aliphatic rings. The van der Waals surface area contributed by atoms with Gasteiger partial charge in [0.25, 0.3) is 0 Å². The molecule has 0 saturated heterocycles. The second-order valence-corrected chi connectivity index (χ2v) is 17.3. The van der Waals surface area contributed by atoms with Crippen LogP contribution in [0.5, 0.6) is 0 Å². The van der Waals surface area contributed by atoms with Crippen LogP contribution in [0.25, 0.3) is 50.8 Å². The van der Waals surface area contributed by atoms with Gasteiger partial charge in [-0.15, -0.1) is 45.3 Å². The molecule has 2 fully saturated rings. The fourth-order valence-corrected chi connectivity index (χ4v) is 14.4. The van der Waals surface area contributed by atoms with Gasteiger partial charge < -0.3 is 0 Å². The second-order valence-electron chi connectivity index (χ2n) is 13.2. The Kier molecular flexibility index (Phi) is 5.85. The minimum absolute atomic E-state index is 0.101. The first kappa shape index (κ1) is 26.2. The Morgan fingerprint density at radius 2 is 1.07 bits per heavy atom. The van der Waals surface area contributed by atoms with E-state index in [1.165, 1.54) is 109 Å². The normalized spacial score (nSPS) is 23.8. The van der Waals surface area contributed by atoms with E-state index in [2.05, 4.69) is 85.3 Å². The molecule has 1 spiro atoms. The van der Waals surface area contributed by atoms with Gasteiger partial charge >= 0.3 is 0 Å². The number of benzene rings is 2. The third kappa shape index (κ3) is 3.28. The number of thiophene rings is 4. The van der Waals surface area contributed by atoms with E-state index in [4.69, 9.17) is 0 Å². The molecule has 42 heavy (non-hydrogen) atoms. The molecular formula is C38H36S4. The molecule has 0 N–H and O–H groups in total. The van der Waals surface area contributed by atoms with Crippen LogP contribution in [0.15, 0.2) is 71.4 Å². The van der Waals surface area contributed by atoms with Crippen LogP contribution < -0.4 is 0 Å². The van der Waals surface area contributed by atoms with E-state index in [1.54, 1.807) is 11.1 Å². The Balaban J connectivity index is 1.33. The van der Waals surface area contributed by atoms with Crippen molar-refractivity contribution in [1.82, 2.24) is 0 Å². The summed E-state index contributed by atoms with van der Waals surface area (Å²) in [4.78, 5) is 2.87. The molecule has 4 aromatic heterocycles. The minimum atomic E-state index is 0.101. The van der Waals surface area contributed by atoms with Gasteiger partial charge in [-0.05, 0) is 130 Å². The van der Waals surface area contributed by atoms with Gasteiger partial charge in [0.2, 0.25) is 0 Å². The second kappa shape index (κ2) is 9.38. The standard InChI is InChI=1S/C38H36S4/c1-3-12-36-14-5-15-37(13-4-2,17-16-36)38(36)28-20-24(32-22-34-30(41-32)10-18-39-34)6-8-26(28)27-9-7-25(21-29(27)38)33-23-35-31(42-33)11-19-40-35/h6-11,18-23H,3-5,12-17H2,1-2H3/t36-,37?/m1/s1. The van der Waals surface area contributed by atoms with Crippen molar-refractivity contribution in [2.24, 2.45) is 10.8 Å². The summed E-state index contributed by atoms with van der Waals surface area (Å²) < 4.78 is 5.71. The number of rotatable bonds is 6. The molecule has 9 rings (SSSR count). The fraction of sp³-hybridized carbons (Fsp3) is 0.368. The number of fused-ring (bicyclic) bond motifs is 5. The van der Waals surface area contributed by atoms with Crippen molar-refractivity contribution in [2.75, 3.05) is 0 Å². The van der Waals surface area contributed by atoms with Crippen molar-refractivity contribution in [3.05, 3.63) is 82.6 Å². The summed E-state index contributed by atoms with van der Waals surface area (Å²) in [6.07, 6.45) is 12.2. The van der Waals surface area contributed by atoms with Gasteiger partial charge in [-0.1, -0.05) is 57.4 Å². The third-order valence-electron chi connectivity index (χ3n) is 11.4. The molecule has 1 unspecified atom stereocenters. The monoisotopic (exact) mass is 620 g/mol. The average Bonchev–Trinajstić information content (AvgIpc) is 3.81. The minimum Gasteiger partial charge on any atom is -0.143 e. The lowest BCUT2D eigenvalue weighted by molar-refractivity contribution is 0.0166. The first-order valence-electron chi connectivity index (χ1n) is 15.9. The molecule has 2 aromatic carbocycles. The van der Waals surface area contributed by atoms with Gasteiger partial charge in [0.15, 0.2) is 0 Å². The van der Waals surface area contributed by atoms with E-state index in [0.717, 1.165) is 0 Å². The molecule has 2 atom stereocenters. The van der Waals surface area contributed by atoms with E-state index in [-0.39, 0.29) is 5.41 Å². The van der Waals surface area contributed by atoms with E-state index in [9.17, 15) is 0 Å². The van der Waals surface area contributed by atoms with Crippen LogP contribution in [-0.4, -0.2) is 0 Å². The van der Waals surface area contributed by atoms with Gasteiger partial charge in [-0.25, -0.2) is 0 Å². The summed E-state index contributed by atoms with van der Waals surface area (Å²) in [5.74, 6) is 0. The van der Waals surface area contributed by atoms with Crippen LogP contribution in [0, 0.1) is 10.8 Å². The molecule has 0 nitrogen and oxygen atoms in total. The highest BCUT2D eigenvalue weighted by Gasteiger charge is 2.71. The van der Waals surface area contributed by atoms with Crippen molar-refractivity contribution >= 4 is 64.1 Å². The van der Waals surface area contributed by atoms with Crippen LogP contribution >= 0.6 is 45.3 Å². The molecule has 3 aliphatic carbocycles. The Bertz CT molecular complexity index is 1770. The first-order valence-corrected chi connectivity index (χ1v) is 19.2. The molecule has 4 heterocycles. The molecular weight excluding hydrogens is 585 g/mol. The zero-order valence-corrected chi connectivity index (χ0v) is 27.7. The van der Waals surface area contributed by atoms with Gasteiger partial charge in [0.1, 0.15) is 0 Å². The highest BCUT2D eigenvalue weighted by molar-refractivity contribution is 7.29. The largest absolute Gasteiger partial charge is 0.143 e. The van der Waals surface area contributed by atoms with Crippen LogP contribution in [0.4, 0.5) is 0 Å². The molecule has 2 bridgehead atoms. The summed E-state index contributed by atoms with van der Waals surface area (Å²) >= 11 is 7.70. The molecule has 0 aliphatic heterocycles. The summed E-state index contributed by atoms with van der Waals surface area (Å²) in [6, 6.07) is 24.8. The highest BCUT2D eigenvalue weighted by Crippen LogP contribution is 2.78. The molecule has 2 saturated carbocycles. The van der Waals surface area contributed by atoms with Gasteiger partial charge in [0, 0.05) is 34.0 Å². The maximum absolute atomic E-state index is 2.69. The highest BCUT2D eigenvalue weighted by atomic mass is 32.1. The zero-order chi connectivity index (χ0) is 28.1. The van der Waals surface area contributed by atoms with Gasteiger partial charge in [-0.2, -0.15) is 0 Å². The van der Waals surface area contributed by atoms with E-state index in [1.807, 2.05) is 45.3 Å². The topological polar surface area (TPSA) is 0 Å². The Hall–Kier alpha value is -2.24. The summed E-state index contributed by atoms with van der Waals surface area (Å²) in [5.41, 5.74) is 10.0. The SMILES string of the molecule is CCCC12CCC[C@](CCC)(CC1)C21c2cc(-c3cc4sccc4s3)ccc2-c2ccc(-c3cc4sccc4s3)cc21. The molecule has 6 aromatic rings. The third-order valence-corrected chi connectivity index (χ3v) is 15.7. The predicted octanol–water partition coefficient (Wildman–Crippen LogP) is 13.4. The lowest BCUT2D eigenvalue weighted by Gasteiger charge is -2.58. The summed E-state index contributed by atoms with van der Waals surface area (Å²) in [6.45, 7) is 4.88. The van der Waals surface area contributed by atoms with Crippen LogP contribution in [0.3, 0.4) is 0 Å². The van der Waals surface area contributed by atoms with Crippen molar-refractivity contribution < 1.29 is 0 Å². The van der Waals surface area contributed by atoms with E-state index >= 15 is 0 Å². The van der Waals surface area contributed by atoms with Crippen LogP contribution in [0.1, 0.15) is 82.8 Å². The van der Waals surface area contributed by atoms with Crippen LogP contribution in [0.2, 0.25) is 0 Å². The van der Waals surface area contributed by atoms with Gasteiger partial charge in [0.05, 0.1) is 0 Å². The quantitative estimate of drug-likeness (QED) is 0.174. The summed E-state index contributed by atoms with van der Waals surface area (Å²) in [5, 5.41) is 4.47. The van der Waals surface area contributed by atoms with Crippen LogP contribution in [-0.2, 0) is 5.41 Å². The van der Waals surface area contributed by atoms with Crippen molar-refractivity contribution in [3.63, 3.8) is 0 Å². The molecule has 212 valence electrons. The smallest absolute Gasteiger partial charge is 0.0457 e. The molecule has 4 heteroatoms. The number of hydrogen-bond donors (Lipinski definition) is 0. The maximum Gasteiger partial charge on any atom is 0.0457 e. The van der Waals surface area contributed by atoms with Crippen molar-refractivity contribution in [2.45, 2.75) is 77.0 Å². The zero-order valence-electron chi connectivity index (χ0n) is 24.4. The lowest BCUT2D eigenvalue weighted by Crippen LogP contribution is -2.54. The maximum atomic E-state index is 2.69. The lowest BCUT2D eigenvalue weighted by atomic mass is 9.44. The van der Waals surface area contributed by atoms with Crippen molar-refractivity contribution in [1.29, 1.82) is 0 Å². The Labute approximate surface area is 265 Å².